The number of aryl methyl sites for hydroxylation is 2. The summed E-state index contributed by atoms with van der Waals surface area (Å²) in [6.07, 6.45) is 3.63. The van der Waals surface area contributed by atoms with Gasteiger partial charge in [0.05, 0.1) is 6.04 Å². The minimum atomic E-state index is 0.00259. The standard InChI is InChI=1S/C15H21N3O/c1-10(16)8-18-9-14(17-15(18)19)13-6-5-11-3-2-4-12(11)7-13/h5-7,10,14H,2-4,8-9,16H2,1H3,(H,17,19). The highest BCUT2D eigenvalue weighted by atomic mass is 16.2. The molecule has 1 aromatic carbocycles. The molecule has 2 aliphatic rings. The van der Waals surface area contributed by atoms with E-state index in [9.17, 15) is 4.79 Å². The Bertz CT molecular complexity index is 498. The lowest BCUT2D eigenvalue weighted by Gasteiger charge is -2.17. The molecular formula is C15H21N3O. The van der Waals surface area contributed by atoms with E-state index in [4.69, 9.17) is 5.73 Å². The summed E-state index contributed by atoms with van der Waals surface area (Å²) in [5.41, 5.74) is 9.92. The van der Waals surface area contributed by atoms with Crippen LogP contribution >= 0.6 is 0 Å². The fourth-order valence-corrected chi connectivity index (χ4v) is 3.09. The zero-order valence-electron chi connectivity index (χ0n) is 11.4. The van der Waals surface area contributed by atoms with Crippen molar-refractivity contribution in [2.75, 3.05) is 13.1 Å². The molecule has 0 radical (unpaired) electrons. The molecule has 4 heteroatoms. The number of hydrogen-bond donors (Lipinski definition) is 2. The molecule has 1 aliphatic heterocycles. The number of rotatable bonds is 3. The summed E-state index contributed by atoms with van der Waals surface area (Å²) in [7, 11) is 0. The summed E-state index contributed by atoms with van der Waals surface area (Å²) >= 11 is 0. The molecule has 3 rings (SSSR count). The molecule has 0 spiro atoms. The van der Waals surface area contributed by atoms with Crippen molar-refractivity contribution in [2.24, 2.45) is 5.73 Å². The molecule has 102 valence electrons. The average molecular weight is 259 g/mol. The van der Waals surface area contributed by atoms with Crippen LogP contribution in [-0.4, -0.2) is 30.1 Å². The Morgan fingerprint density at radius 1 is 1.42 bits per heavy atom. The quantitative estimate of drug-likeness (QED) is 0.866. The normalized spacial score (nSPS) is 23.4. The number of urea groups is 1. The SMILES string of the molecule is CC(N)CN1CC(c2ccc3c(c2)CCC3)NC1=O. The van der Waals surface area contributed by atoms with Gasteiger partial charge < -0.3 is 16.0 Å². The van der Waals surface area contributed by atoms with Crippen LogP contribution in [0.1, 0.15) is 36.1 Å². The summed E-state index contributed by atoms with van der Waals surface area (Å²) in [4.78, 5) is 13.7. The van der Waals surface area contributed by atoms with E-state index in [1.165, 1.54) is 36.0 Å². The van der Waals surface area contributed by atoms with Crippen molar-refractivity contribution in [3.63, 3.8) is 0 Å². The topological polar surface area (TPSA) is 58.4 Å². The molecule has 1 saturated heterocycles. The van der Waals surface area contributed by atoms with Crippen molar-refractivity contribution in [3.8, 4) is 0 Å². The zero-order valence-corrected chi connectivity index (χ0v) is 11.4. The lowest BCUT2D eigenvalue weighted by molar-refractivity contribution is 0.215. The first-order chi connectivity index (χ1) is 9.13. The molecule has 1 fully saturated rings. The second-order valence-corrected chi connectivity index (χ2v) is 5.77. The van der Waals surface area contributed by atoms with E-state index < -0.39 is 0 Å². The summed E-state index contributed by atoms with van der Waals surface area (Å²) < 4.78 is 0. The maximum absolute atomic E-state index is 11.9. The van der Waals surface area contributed by atoms with E-state index in [2.05, 4.69) is 23.5 Å². The number of nitrogens with two attached hydrogens (primary N) is 1. The fraction of sp³-hybridized carbons (Fsp3) is 0.533. The Balaban J connectivity index is 1.75. The van der Waals surface area contributed by atoms with Crippen molar-refractivity contribution < 1.29 is 4.79 Å². The van der Waals surface area contributed by atoms with Gasteiger partial charge in [-0.15, -0.1) is 0 Å². The Morgan fingerprint density at radius 3 is 3.00 bits per heavy atom. The van der Waals surface area contributed by atoms with Crippen LogP contribution in [0.3, 0.4) is 0 Å². The van der Waals surface area contributed by atoms with Crippen LogP contribution in [0.5, 0.6) is 0 Å². The third kappa shape index (κ3) is 2.45. The number of carbonyl (C=O) groups is 1. The highest BCUT2D eigenvalue weighted by Gasteiger charge is 2.30. The first-order valence-electron chi connectivity index (χ1n) is 7.06. The first-order valence-corrected chi connectivity index (χ1v) is 7.06. The summed E-state index contributed by atoms with van der Waals surface area (Å²) in [6, 6.07) is 6.77. The number of nitrogens with one attached hydrogen (secondary N) is 1. The van der Waals surface area contributed by atoms with Gasteiger partial charge in [-0.1, -0.05) is 18.2 Å². The van der Waals surface area contributed by atoms with Gasteiger partial charge in [0.15, 0.2) is 0 Å². The summed E-state index contributed by atoms with van der Waals surface area (Å²) in [5, 5.41) is 3.05. The number of hydrogen-bond acceptors (Lipinski definition) is 2. The van der Waals surface area contributed by atoms with E-state index in [0.717, 1.165) is 6.54 Å². The van der Waals surface area contributed by atoms with Crippen molar-refractivity contribution in [1.82, 2.24) is 10.2 Å². The number of carbonyl (C=O) groups excluding carboxylic acids is 1. The molecule has 2 atom stereocenters. The largest absolute Gasteiger partial charge is 0.329 e. The molecule has 0 saturated carbocycles. The van der Waals surface area contributed by atoms with E-state index in [1.54, 1.807) is 0 Å². The van der Waals surface area contributed by atoms with E-state index in [0.29, 0.717) is 6.54 Å². The maximum Gasteiger partial charge on any atom is 0.318 e. The lowest BCUT2D eigenvalue weighted by atomic mass is 10.0. The third-order valence-electron chi connectivity index (χ3n) is 4.02. The summed E-state index contributed by atoms with van der Waals surface area (Å²) in [5.74, 6) is 0. The van der Waals surface area contributed by atoms with Crippen LogP contribution in [0.15, 0.2) is 18.2 Å². The highest BCUT2D eigenvalue weighted by Crippen LogP contribution is 2.27. The summed E-state index contributed by atoms with van der Waals surface area (Å²) in [6.45, 7) is 3.27. The molecule has 19 heavy (non-hydrogen) atoms. The first kappa shape index (κ1) is 12.5. The van der Waals surface area contributed by atoms with Gasteiger partial charge in [-0.3, -0.25) is 0 Å². The number of fused-ring (bicyclic) bond motifs is 1. The predicted octanol–water partition coefficient (Wildman–Crippen LogP) is 1.59. The number of benzene rings is 1. The molecule has 0 aromatic heterocycles. The van der Waals surface area contributed by atoms with E-state index >= 15 is 0 Å². The van der Waals surface area contributed by atoms with Crippen LogP contribution in [0.2, 0.25) is 0 Å². The van der Waals surface area contributed by atoms with Crippen LogP contribution in [0.25, 0.3) is 0 Å². The van der Waals surface area contributed by atoms with Crippen molar-refractivity contribution in [1.29, 1.82) is 0 Å². The van der Waals surface area contributed by atoms with Gasteiger partial charge in [-0.05, 0) is 42.9 Å². The second kappa shape index (κ2) is 4.85. The Labute approximate surface area is 114 Å². The molecule has 0 bridgehead atoms. The second-order valence-electron chi connectivity index (χ2n) is 5.77. The van der Waals surface area contributed by atoms with Crippen LogP contribution in [-0.2, 0) is 12.8 Å². The fourth-order valence-electron chi connectivity index (χ4n) is 3.09. The molecule has 2 amide bonds. The van der Waals surface area contributed by atoms with Gasteiger partial charge in [0.25, 0.3) is 0 Å². The van der Waals surface area contributed by atoms with Gasteiger partial charge >= 0.3 is 6.03 Å². The highest BCUT2D eigenvalue weighted by molar-refractivity contribution is 5.77. The minimum Gasteiger partial charge on any atom is -0.329 e. The predicted molar refractivity (Wildman–Crippen MR) is 75.0 cm³/mol. The number of amides is 2. The molecule has 1 aromatic rings. The maximum atomic E-state index is 11.9. The van der Waals surface area contributed by atoms with Gasteiger partial charge in [0.2, 0.25) is 0 Å². The van der Waals surface area contributed by atoms with E-state index in [1.807, 2.05) is 11.8 Å². The monoisotopic (exact) mass is 259 g/mol. The van der Waals surface area contributed by atoms with Crippen LogP contribution in [0, 0.1) is 0 Å². The lowest BCUT2D eigenvalue weighted by Crippen LogP contribution is -2.37. The molecular weight excluding hydrogens is 238 g/mol. The zero-order chi connectivity index (χ0) is 13.4. The van der Waals surface area contributed by atoms with Crippen LogP contribution < -0.4 is 11.1 Å². The smallest absolute Gasteiger partial charge is 0.318 e. The number of nitrogens with zero attached hydrogens (tertiary/aromatic N) is 1. The average Bonchev–Trinajstić information content (AvgIpc) is 2.95. The van der Waals surface area contributed by atoms with Crippen molar-refractivity contribution in [3.05, 3.63) is 34.9 Å². The van der Waals surface area contributed by atoms with Gasteiger partial charge in [0, 0.05) is 19.1 Å². The van der Waals surface area contributed by atoms with Gasteiger partial charge in [-0.2, -0.15) is 0 Å². The van der Waals surface area contributed by atoms with Crippen molar-refractivity contribution in [2.45, 2.75) is 38.3 Å². The Hall–Kier alpha value is -1.55. The van der Waals surface area contributed by atoms with Crippen LogP contribution in [0.4, 0.5) is 4.79 Å². The minimum absolute atomic E-state index is 0.00259. The van der Waals surface area contributed by atoms with Gasteiger partial charge in [0.1, 0.15) is 0 Å². The van der Waals surface area contributed by atoms with Crippen molar-refractivity contribution >= 4 is 6.03 Å². The molecule has 1 heterocycles. The Kier molecular flexibility index (Phi) is 3.19. The molecule has 1 aliphatic carbocycles. The Morgan fingerprint density at radius 2 is 2.21 bits per heavy atom. The van der Waals surface area contributed by atoms with Gasteiger partial charge in [-0.25, -0.2) is 4.79 Å². The molecule has 3 N–H and O–H groups in total. The molecule has 4 nitrogen and oxygen atoms in total. The van der Waals surface area contributed by atoms with E-state index in [-0.39, 0.29) is 18.1 Å². The third-order valence-corrected chi connectivity index (χ3v) is 4.02. The molecule has 2 unspecified atom stereocenters.